The van der Waals surface area contributed by atoms with Crippen LogP contribution in [0, 0.1) is 27.7 Å². The van der Waals surface area contributed by atoms with Crippen molar-refractivity contribution >= 4 is 0 Å². The third-order valence-corrected chi connectivity index (χ3v) is 22.0. The number of hydrogen-bond donors (Lipinski definition) is 7. The Morgan fingerprint density at radius 2 is 0.552 bits per heavy atom. The van der Waals surface area contributed by atoms with Crippen LogP contribution in [0.3, 0.4) is 0 Å². The maximum absolute atomic E-state index is 12.9. The molecule has 5 aliphatic rings. The van der Waals surface area contributed by atoms with Crippen molar-refractivity contribution in [3.63, 3.8) is 0 Å². The predicted molar refractivity (Wildman–Crippen MR) is 352 cm³/mol. The van der Waals surface area contributed by atoms with Gasteiger partial charge in [0, 0.05) is 35.8 Å². The molecule has 7 aromatic carbocycles. The highest BCUT2D eigenvalue weighted by atomic mass is 16.3. The zero-order valence-corrected chi connectivity index (χ0v) is 52.5. The third kappa shape index (κ3) is 12.9. The van der Waals surface area contributed by atoms with E-state index in [0.717, 1.165) is 229 Å². The molecule has 0 spiro atoms. The van der Waals surface area contributed by atoms with Crippen LogP contribution >= 0.6 is 0 Å². The molecule has 0 saturated heterocycles. The van der Waals surface area contributed by atoms with Gasteiger partial charge in [-0.25, -0.2) is 0 Å². The van der Waals surface area contributed by atoms with E-state index in [-0.39, 0.29) is 40.9 Å². The fraction of sp³-hybridized carbons (Fsp3) is 0.475. The quantitative estimate of drug-likeness (QED) is 0.0507. The monoisotopic (exact) mass is 1170 g/mol. The molecule has 0 unspecified atom stereocenters. The molecule has 0 heterocycles. The Morgan fingerprint density at radius 1 is 0.287 bits per heavy atom. The smallest absolute Gasteiger partial charge is 0.122 e. The standard InChI is InChI=1S/C80H96O7/c1-48-34-74(83)66(55-22-12-6-13-23-55)44-62(48)78(63-45-67(75(84)35-49(63)2)56-24-14-7-15-25-56)70-40-52(30-32-72(70)81)38-60-42-59(54-20-10-5-11-21-54)43-61(80(60)87)39-53-31-33-73(82)71(41-53)79(64-46-68(76(85)36-50(64)3)57-26-16-8-17-27-57)65-47-69(77(86)37-51(65)4)58-28-18-9-19-29-58/h30-37,40-47,54-58,78-79,81-87H,5-29,38-39H2,1-4H3. The highest BCUT2D eigenvalue weighted by molar-refractivity contribution is 5.62. The molecule has 0 aliphatic heterocycles. The van der Waals surface area contributed by atoms with Gasteiger partial charge in [-0.2, -0.15) is 0 Å². The number of aromatic hydroxyl groups is 7. The molecule has 7 nitrogen and oxygen atoms in total. The first-order chi connectivity index (χ1) is 42.2. The Labute approximate surface area is 518 Å². The molecule has 0 atom stereocenters. The first-order valence-corrected chi connectivity index (χ1v) is 34.0. The lowest BCUT2D eigenvalue weighted by Gasteiger charge is -2.30. The van der Waals surface area contributed by atoms with Crippen molar-refractivity contribution in [3.05, 3.63) is 203 Å². The van der Waals surface area contributed by atoms with Gasteiger partial charge in [0.25, 0.3) is 0 Å². The van der Waals surface area contributed by atoms with E-state index in [1.807, 2.05) is 48.5 Å². The second kappa shape index (κ2) is 26.5. The Balaban J connectivity index is 0.959. The SMILES string of the molecule is Cc1cc(O)c(C2CCCCC2)cc1C(c1cc(C2CCCCC2)c(O)cc1C)c1cc(Cc2cc(C3CCCCC3)cc(Cc3ccc(O)c(C(c4cc(C5CCCCC5)c(O)cc4C)c4cc(C5CCCCC5)c(O)cc4C)c3)c2O)ccc1O. The van der Waals surface area contributed by atoms with Crippen LogP contribution in [0.15, 0.2) is 97.1 Å². The molecule has 0 amide bonds. The van der Waals surface area contributed by atoms with E-state index in [2.05, 4.69) is 76.2 Å². The van der Waals surface area contributed by atoms with Crippen LogP contribution in [0.2, 0.25) is 0 Å². The van der Waals surface area contributed by atoms with Crippen LogP contribution in [-0.2, 0) is 12.8 Å². The Bertz CT molecular complexity index is 3230. The average molecular weight is 1170 g/mol. The van der Waals surface area contributed by atoms with Gasteiger partial charge >= 0.3 is 0 Å². The topological polar surface area (TPSA) is 142 Å². The van der Waals surface area contributed by atoms with Crippen molar-refractivity contribution in [3.8, 4) is 40.2 Å². The van der Waals surface area contributed by atoms with Gasteiger partial charge in [-0.05, 0) is 252 Å². The van der Waals surface area contributed by atoms with Crippen LogP contribution in [0.4, 0.5) is 0 Å². The fourth-order valence-corrected chi connectivity index (χ4v) is 17.2. The lowest BCUT2D eigenvalue weighted by atomic mass is 9.75. The first-order valence-electron chi connectivity index (χ1n) is 34.0. The van der Waals surface area contributed by atoms with Crippen molar-refractivity contribution in [2.75, 3.05) is 0 Å². The van der Waals surface area contributed by atoms with Crippen LogP contribution in [-0.4, -0.2) is 35.7 Å². The van der Waals surface area contributed by atoms with Crippen LogP contribution in [0.25, 0.3) is 0 Å². The molecule has 5 saturated carbocycles. The van der Waals surface area contributed by atoms with E-state index >= 15 is 0 Å². The van der Waals surface area contributed by atoms with Crippen molar-refractivity contribution in [2.45, 2.75) is 242 Å². The average Bonchev–Trinajstić information content (AvgIpc) is 1.51. The van der Waals surface area contributed by atoms with Gasteiger partial charge in [0.1, 0.15) is 40.2 Å². The number of phenols is 7. The minimum Gasteiger partial charge on any atom is -0.508 e. The second-order valence-electron chi connectivity index (χ2n) is 27.9. The second-order valence-corrected chi connectivity index (χ2v) is 27.9. The third-order valence-electron chi connectivity index (χ3n) is 22.0. The summed E-state index contributed by atoms with van der Waals surface area (Å²) in [6.45, 7) is 8.29. The minimum atomic E-state index is -0.408. The highest BCUT2D eigenvalue weighted by Gasteiger charge is 2.33. The molecule has 12 rings (SSSR count). The number of phenolic OH excluding ortho intramolecular Hbond substituents is 7. The van der Waals surface area contributed by atoms with E-state index in [9.17, 15) is 35.7 Å². The van der Waals surface area contributed by atoms with Gasteiger partial charge < -0.3 is 35.7 Å². The summed E-state index contributed by atoms with van der Waals surface area (Å²) < 4.78 is 0. The van der Waals surface area contributed by atoms with Crippen LogP contribution in [0.5, 0.6) is 40.2 Å². The van der Waals surface area contributed by atoms with E-state index in [4.69, 9.17) is 0 Å². The van der Waals surface area contributed by atoms with Gasteiger partial charge in [-0.15, -0.1) is 0 Å². The summed E-state index contributed by atoms with van der Waals surface area (Å²) in [6, 6.07) is 33.1. The molecule has 0 aromatic heterocycles. The summed E-state index contributed by atoms with van der Waals surface area (Å²) in [5.74, 6) is 2.53. The van der Waals surface area contributed by atoms with Crippen molar-refractivity contribution in [2.24, 2.45) is 0 Å². The van der Waals surface area contributed by atoms with E-state index in [0.29, 0.717) is 41.8 Å². The number of hydrogen-bond acceptors (Lipinski definition) is 7. The lowest BCUT2D eigenvalue weighted by Crippen LogP contribution is -2.13. The molecule has 7 heteroatoms. The first kappa shape index (κ1) is 60.4. The van der Waals surface area contributed by atoms with Crippen molar-refractivity contribution in [1.82, 2.24) is 0 Å². The molecule has 5 aliphatic carbocycles. The molecule has 7 N–H and O–H groups in total. The summed E-state index contributed by atoms with van der Waals surface area (Å²) >= 11 is 0. The van der Waals surface area contributed by atoms with Gasteiger partial charge in [0.05, 0.1) is 0 Å². The zero-order chi connectivity index (χ0) is 60.5. The highest BCUT2D eigenvalue weighted by Crippen LogP contribution is 2.51. The predicted octanol–water partition coefficient (Wildman–Crippen LogP) is 20.6. The summed E-state index contributed by atoms with van der Waals surface area (Å²) in [6.07, 6.45) is 28.8. The summed E-state index contributed by atoms with van der Waals surface area (Å²) in [4.78, 5) is 0. The number of benzene rings is 7. The zero-order valence-electron chi connectivity index (χ0n) is 52.5. The Hall–Kier alpha value is -6.86. The van der Waals surface area contributed by atoms with Crippen LogP contribution < -0.4 is 0 Å². The molecular weight excluding hydrogens is 1070 g/mol. The molecule has 87 heavy (non-hydrogen) atoms. The number of aryl methyl sites for hydroxylation is 4. The largest absolute Gasteiger partial charge is 0.508 e. The Morgan fingerprint density at radius 3 is 0.828 bits per heavy atom. The van der Waals surface area contributed by atoms with Gasteiger partial charge in [-0.3, -0.25) is 0 Å². The van der Waals surface area contributed by atoms with Gasteiger partial charge in [-0.1, -0.05) is 157 Å². The summed E-state index contributed by atoms with van der Waals surface area (Å²) in [5.41, 5.74) is 18.2. The van der Waals surface area contributed by atoms with Crippen molar-refractivity contribution in [1.29, 1.82) is 0 Å². The Kier molecular flexibility index (Phi) is 18.4. The summed E-state index contributed by atoms with van der Waals surface area (Å²) in [7, 11) is 0. The molecule has 458 valence electrons. The lowest BCUT2D eigenvalue weighted by molar-refractivity contribution is 0.412. The number of rotatable bonds is 15. The van der Waals surface area contributed by atoms with Crippen molar-refractivity contribution < 1.29 is 35.7 Å². The maximum Gasteiger partial charge on any atom is 0.122 e. The van der Waals surface area contributed by atoms with E-state index in [1.54, 1.807) is 0 Å². The maximum atomic E-state index is 12.9. The van der Waals surface area contributed by atoms with Gasteiger partial charge in [0.15, 0.2) is 0 Å². The molecule has 0 bridgehead atoms. The molecular formula is C80H96O7. The minimum absolute atomic E-state index is 0.185. The normalized spacial score (nSPS) is 18.0. The molecule has 0 radical (unpaired) electrons. The fourth-order valence-electron chi connectivity index (χ4n) is 17.2. The molecule has 7 aromatic rings. The van der Waals surface area contributed by atoms with E-state index < -0.39 is 11.8 Å². The summed E-state index contributed by atoms with van der Waals surface area (Å²) in [5, 5.41) is 84.2. The molecule has 5 fully saturated rings. The van der Waals surface area contributed by atoms with Gasteiger partial charge in [0.2, 0.25) is 0 Å². The van der Waals surface area contributed by atoms with E-state index in [1.165, 1.54) is 37.7 Å². The van der Waals surface area contributed by atoms with Crippen LogP contribution in [0.1, 0.15) is 308 Å².